The second-order valence-corrected chi connectivity index (χ2v) is 7.99. The molecule has 3 aromatic rings. The summed E-state index contributed by atoms with van der Waals surface area (Å²) in [6.45, 7) is 3.16. The summed E-state index contributed by atoms with van der Waals surface area (Å²) in [5, 5.41) is 7.06. The van der Waals surface area contributed by atoms with E-state index in [1.807, 2.05) is 6.92 Å². The molecule has 2 aromatic heterocycles. The number of halogens is 2. The number of ketones is 1. The summed E-state index contributed by atoms with van der Waals surface area (Å²) in [4.78, 5) is 24.8. The van der Waals surface area contributed by atoms with Crippen molar-refractivity contribution in [1.82, 2.24) is 14.9 Å². The van der Waals surface area contributed by atoms with E-state index in [2.05, 4.69) is 10.4 Å². The fourth-order valence-electron chi connectivity index (χ4n) is 3.54. The highest BCUT2D eigenvalue weighted by atomic mass is 19.1. The van der Waals surface area contributed by atoms with E-state index in [0.29, 0.717) is 29.1 Å². The van der Waals surface area contributed by atoms with E-state index in [1.54, 1.807) is 19.1 Å². The average molecular weight is 427 g/mol. The molecule has 0 spiro atoms. The van der Waals surface area contributed by atoms with Crippen molar-refractivity contribution < 1.29 is 23.1 Å². The van der Waals surface area contributed by atoms with E-state index >= 15 is 0 Å². The van der Waals surface area contributed by atoms with Gasteiger partial charge in [-0.15, -0.1) is 0 Å². The summed E-state index contributed by atoms with van der Waals surface area (Å²) in [7, 11) is 0. The van der Waals surface area contributed by atoms with Gasteiger partial charge in [-0.3, -0.25) is 9.59 Å². The van der Waals surface area contributed by atoms with Gasteiger partial charge in [0.25, 0.3) is 5.91 Å². The average Bonchev–Trinajstić information content (AvgIpc) is 3.46. The molecule has 1 N–H and O–H groups in total. The molecule has 0 saturated heterocycles. The second-order valence-electron chi connectivity index (χ2n) is 7.99. The van der Waals surface area contributed by atoms with Crippen LogP contribution >= 0.6 is 0 Å². The second kappa shape index (κ2) is 8.45. The van der Waals surface area contributed by atoms with Crippen LogP contribution in [0.25, 0.3) is 5.52 Å². The third-order valence-corrected chi connectivity index (χ3v) is 5.33. The third-order valence-electron chi connectivity index (χ3n) is 5.33. The van der Waals surface area contributed by atoms with Gasteiger partial charge in [0.1, 0.15) is 18.2 Å². The number of hydrogen-bond acceptors (Lipinski definition) is 4. The lowest BCUT2D eigenvalue weighted by molar-refractivity contribution is -0.118. The molecule has 4 rings (SSSR count). The van der Waals surface area contributed by atoms with E-state index < -0.39 is 17.5 Å². The van der Waals surface area contributed by atoms with Crippen molar-refractivity contribution in [2.45, 2.75) is 39.7 Å². The topological polar surface area (TPSA) is 72.7 Å². The maximum atomic E-state index is 13.9. The third kappa shape index (κ3) is 4.57. The Hall–Kier alpha value is -3.29. The number of benzene rings is 1. The Morgan fingerprint density at radius 3 is 2.58 bits per heavy atom. The number of pyridine rings is 1. The van der Waals surface area contributed by atoms with Crippen LogP contribution in [0.1, 0.15) is 46.4 Å². The number of rotatable bonds is 8. The van der Waals surface area contributed by atoms with Gasteiger partial charge in [0.05, 0.1) is 28.9 Å². The molecular formula is C23H23F2N3O3. The number of nitrogens with one attached hydrogen (secondary N) is 1. The molecule has 0 aliphatic heterocycles. The summed E-state index contributed by atoms with van der Waals surface area (Å²) < 4.78 is 35.0. The molecule has 1 fully saturated rings. The molecule has 1 saturated carbocycles. The van der Waals surface area contributed by atoms with Gasteiger partial charge in [-0.25, -0.2) is 8.78 Å². The Balaban J connectivity index is 1.57. The Bertz CT molecular complexity index is 1150. The number of hydrogen-bond donors (Lipinski definition) is 1. The molecule has 0 bridgehead atoms. The lowest BCUT2D eigenvalue weighted by Crippen LogP contribution is -2.30. The van der Waals surface area contributed by atoms with Crippen molar-refractivity contribution in [3.8, 4) is 5.88 Å². The van der Waals surface area contributed by atoms with Gasteiger partial charge >= 0.3 is 0 Å². The van der Waals surface area contributed by atoms with Gasteiger partial charge in [-0.2, -0.15) is 9.61 Å². The van der Waals surface area contributed by atoms with E-state index in [-0.39, 0.29) is 30.4 Å². The van der Waals surface area contributed by atoms with Crippen molar-refractivity contribution in [3.63, 3.8) is 0 Å². The van der Waals surface area contributed by atoms with E-state index in [1.165, 1.54) is 22.7 Å². The van der Waals surface area contributed by atoms with Crippen LogP contribution in [0.4, 0.5) is 8.78 Å². The van der Waals surface area contributed by atoms with Gasteiger partial charge in [-0.05, 0) is 56.4 Å². The molecule has 6 nitrogen and oxygen atoms in total. The molecule has 0 atom stereocenters. The smallest absolute Gasteiger partial charge is 0.255 e. The van der Waals surface area contributed by atoms with Crippen molar-refractivity contribution in [2.75, 3.05) is 6.54 Å². The summed E-state index contributed by atoms with van der Waals surface area (Å²) in [6.07, 6.45) is 2.65. The van der Waals surface area contributed by atoms with E-state index in [0.717, 1.165) is 18.4 Å². The standard InChI is InChI=1S/C23H23F2N3O3/c1-13-8-20-22(23(30)26-11-16(29)10-15-6-7-15)14(2)27-28(20)21(9-13)31-12-17-18(24)4-3-5-19(17)25/h3-5,8-9,15H,6-7,10-12H2,1-2H3,(H,26,30). The SMILES string of the molecule is Cc1cc(OCc2c(F)cccc2F)n2nc(C)c(C(=O)NCC(=O)CC3CC3)c2c1. The van der Waals surface area contributed by atoms with Crippen LogP contribution in [-0.4, -0.2) is 27.8 Å². The van der Waals surface area contributed by atoms with Gasteiger partial charge in [0.15, 0.2) is 5.78 Å². The molecule has 1 aliphatic carbocycles. The number of aryl methyl sites for hydroxylation is 2. The van der Waals surface area contributed by atoms with E-state index in [4.69, 9.17) is 4.74 Å². The first-order valence-corrected chi connectivity index (χ1v) is 10.2. The predicted molar refractivity (Wildman–Crippen MR) is 110 cm³/mol. The minimum atomic E-state index is -0.698. The molecule has 0 radical (unpaired) electrons. The van der Waals surface area contributed by atoms with Crippen molar-refractivity contribution in [1.29, 1.82) is 0 Å². The summed E-state index contributed by atoms with van der Waals surface area (Å²) in [6, 6.07) is 7.07. The zero-order chi connectivity index (χ0) is 22.1. The zero-order valence-electron chi connectivity index (χ0n) is 17.4. The highest BCUT2D eigenvalue weighted by Crippen LogP contribution is 2.32. The van der Waals surface area contributed by atoms with Gasteiger partial charge < -0.3 is 10.1 Å². The number of Topliss-reactive ketones (excluding diaryl/α,β-unsaturated/α-hetero) is 1. The minimum Gasteiger partial charge on any atom is -0.473 e. The molecule has 0 unspecified atom stereocenters. The molecular weight excluding hydrogens is 404 g/mol. The van der Waals surface area contributed by atoms with E-state index in [9.17, 15) is 18.4 Å². The highest BCUT2D eigenvalue weighted by molar-refractivity contribution is 6.03. The number of fused-ring (bicyclic) bond motifs is 1. The first kappa shape index (κ1) is 21.0. The van der Waals surface area contributed by atoms with Gasteiger partial charge in [0.2, 0.25) is 5.88 Å². The molecule has 162 valence electrons. The Morgan fingerprint density at radius 1 is 1.19 bits per heavy atom. The monoisotopic (exact) mass is 427 g/mol. The molecule has 1 aliphatic rings. The maximum Gasteiger partial charge on any atom is 0.255 e. The highest BCUT2D eigenvalue weighted by Gasteiger charge is 2.25. The normalized spacial score (nSPS) is 13.4. The first-order valence-electron chi connectivity index (χ1n) is 10.2. The van der Waals surface area contributed by atoms with Crippen molar-refractivity contribution >= 4 is 17.2 Å². The molecule has 1 amide bonds. The van der Waals surface area contributed by atoms with Crippen molar-refractivity contribution in [2.24, 2.45) is 5.92 Å². The lowest BCUT2D eigenvalue weighted by atomic mass is 10.1. The maximum absolute atomic E-state index is 13.9. The quantitative estimate of drug-likeness (QED) is 0.592. The first-order chi connectivity index (χ1) is 14.8. The molecule has 31 heavy (non-hydrogen) atoms. The van der Waals surface area contributed by atoms with Crippen LogP contribution in [0.2, 0.25) is 0 Å². The largest absolute Gasteiger partial charge is 0.473 e. The van der Waals surface area contributed by atoms with Crippen LogP contribution < -0.4 is 10.1 Å². The minimum absolute atomic E-state index is 0.0112. The Morgan fingerprint density at radius 2 is 1.90 bits per heavy atom. The summed E-state index contributed by atoms with van der Waals surface area (Å²) in [5.74, 6) is -1.06. The number of aromatic nitrogens is 2. The van der Waals surface area contributed by atoms with Crippen LogP contribution in [0, 0.1) is 31.4 Å². The van der Waals surface area contributed by atoms with Crippen molar-refractivity contribution in [3.05, 3.63) is 64.4 Å². The van der Waals surface area contributed by atoms with Crippen LogP contribution in [0.5, 0.6) is 5.88 Å². The number of carbonyl (C=O) groups excluding carboxylic acids is 2. The predicted octanol–water partition coefficient (Wildman–Crippen LogP) is 3.91. The van der Waals surface area contributed by atoms with Gasteiger partial charge in [0, 0.05) is 12.5 Å². The molecule has 2 heterocycles. The fourth-order valence-corrected chi connectivity index (χ4v) is 3.54. The Labute approximate surface area is 178 Å². The lowest BCUT2D eigenvalue weighted by Gasteiger charge is -2.11. The summed E-state index contributed by atoms with van der Waals surface area (Å²) in [5.41, 5.74) is 1.89. The summed E-state index contributed by atoms with van der Waals surface area (Å²) >= 11 is 0. The van der Waals surface area contributed by atoms with Crippen LogP contribution in [0.3, 0.4) is 0 Å². The molecule has 1 aromatic carbocycles. The molecule has 8 heteroatoms. The zero-order valence-corrected chi connectivity index (χ0v) is 17.4. The van der Waals surface area contributed by atoms with Crippen LogP contribution in [0.15, 0.2) is 30.3 Å². The Kier molecular flexibility index (Phi) is 5.71. The number of ether oxygens (including phenoxy) is 1. The number of carbonyl (C=O) groups is 2. The van der Waals surface area contributed by atoms with Gasteiger partial charge in [-0.1, -0.05) is 6.07 Å². The number of nitrogens with zero attached hydrogens (tertiary/aromatic N) is 2. The fraction of sp³-hybridized carbons (Fsp3) is 0.348. The van der Waals surface area contributed by atoms with Crippen LogP contribution in [-0.2, 0) is 11.4 Å². The number of amides is 1.